The molecule has 0 radical (unpaired) electrons. The van der Waals surface area contributed by atoms with Crippen molar-refractivity contribution < 1.29 is 19.1 Å². The third-order valence-corrected chi connectivity index (χ3v) is 2.61. The Morgan fingerprint density at radius 2 is 1.84 bits per heavy atom. The van der Waals surface area contributed by atoms with Crippen LogP contribution < -0.4 is 0 Å². The average molecular weight is 264 g/mol. The van der Waals surface area contributed by atoms with Crippen molar-refractivity contribution in [3.63, 3.8) is 0 Å². The lowest BCUT2D eigenvalue weighted by molar-refractivity contribution is -0.142. The maximum absolute atomic E-state index is 11.7. The molecule has 0 saturated carbocycles. The van der Waals surface area contributed by atoms with Crippen molar-refractivity contribution in [2.75, 3.05) is 13.2 Å². The van der Waals surface area contributed by atoms with Crippen LogP contribution in [-0.2, 0) is 20.7 Å². The number of carbonyl (C=O) groups is 2. The van der Waals surface area contributed by atoms with Crippen LogP contribution in [0.5, 0.6) is 0 Å². The van der Waals surface area contributed by atoms with E-state index in [0.29, 0.717) is 24.3 Å². The molecule has 0 amide bonds. The summed E-state index contributed by atoms with van der Waals surface area (Å²) in [5.41, 5.74) is 1.07. The number of hydrogen-bond acceptors (Lipinski definition) is 4. The van der Waals surface area contributed by atoms with Crippen molar-refractivity contribution in [3.05, 3.63) is 35.4 Å². The molecule has 4 nitrogen and oxygen atoms in total. The normalized spacial score (nSPS) is 10.0. The van der Waals surface area contributed by atoms with E-state index in [4.69, 9.17) is 9.47 Å². The van der Waals surface area contributed by atoms with Crippen molar-refractivity contribution in [1.29, 1.82) is 0 Å². The number of hydrogen-bond donors (Lipinski definition) is 0. The second-order valence-corrected chi connectivity index (χ2v) is 4.13. The molecule has 1 aromatic carbocycles. The minimum atomic E-state index is -0.403. The summed E-state index contributed by atoms with van der Waals surface area (Å²) in [7, 11) is 0. The van der Waals surface area contributed by atoms with E-state index in [1.807, 2.05) is 6.92 Å². The molecule has 0 aliphatic rings. The zero-order valence-electron chi connectivity index (χ0n) is 11.5. The van der Waals surface area contributed by atoms with Gasteiger partial charge in [0.05, 0.1) is 25.2 Å². The Balaban J connectivity index is 2.67. The summed E-state index contributed by atoms with van der Waals surface area (Å²) in [6.07, 6.45) is 1.93. The van der Waals surface area contributed by atoms with Gasteiger partial charge in [-0.15, -0.1) is 0 Å². The van der Waals surface area contributed by atoms with E-state index >= 15 is 0 Å². The molecule has 0 fully saturated rings. The number of carbonyl (C=O) groups excluding carboxylic acids is 2. The molecule has 0 N–H and O–H groups in total. The van der Waals surface area contributed by atoms with Gasteiger partial charge in [0.2, 0.25) is 0 Å². The van der Waals surface area contributed by atoms with Crippen molar-refractivity contribution >= 4 is 11.9 Å². The lowest BCUT2D eigenvalue weighted by atomic mass is 10.0. The first-order valence-electron chi connectivity index (χ1n) is 6.59. The quantitative estimate of drug-likeness (QED) is 0.561. The van der Waals surface area contributed by atoms with Crippen LogP contribution in [0.15, 0.2) is 24.3 Å². The molecule has 0 aromatic heterocycles. The van der Waals surface area contributed by atoms with Gasteiger partial charge < -0.3 is 9.47 Å². The summed E-state index contributed by atoms with van der Waals surface area (Å²) in [4.78, 5) is 23.4. The fourth-order valence-electron chi connectivity index (χ4n) is 1.62. The van der Waals surface area contributed by atoms with Crippen LogP contribution in [0.1, 0.15) is 42.6 Å². The van der Waals surface area contributed by atoms with Crippen LogP contribution >= 0.6 is 0 Å². The maximum atomic E-state index is 11.7. The number of benzene rings is 1. The first kappa shape index (κ1) is 15.2. The van der Waals surface area contributed by atoms with Gasteiger partial charge in [-0.1, -0.05) is 31.5 Å². The molecular formula is C15H20O4. The highest BCUT2D eigenvalue weighted by Crippen LogP contribution is 2.12. The lowest BCUT2D eigenvalue weighted by Crippen LogP contribution is -2.13. The summed E-state index contributed by atoms with van der Waals surface area (Å²) in [5.74, 6) is -0.718. The summed E-state index contributed by atoms with van der Waals surface area (Å²) in [5, 5.41) is 0. The molecule has 0 saturated heterocycles. The van der Waals surface area contributed by atoms with Crippen molar-refractivity contribution in [3.8, 4) is 0 Å². The number of esters is 2. The molecule has 0 spiro atoms. The van der Waals surface area contributed by atoms with Crippen molar-refractivity contribution in [2.24, 2.45) is 0 Å². The smallest absolute Gasteiger partial charge is 0.338 e. The van der Waals surface area contributed by atoms with Crippen LogP contribution in [0, 0.1) is 0 Å². The molecule has 0 unspecified atom stereocenters. The molecular weight excluding hydrogens is 244 g/mol. The topological polar surface area (TPSA) is 52.6 Å². The van der Waals surface area contributed by atoms with Gasteiger partial charge in [-0.05, 0) is 25.0 Å². The second-order valence-electron chi connectivity index (χ2n) is 4.13. The minimum Gasteiger partial charge on any atom is -0.465 e. The molecule has 1 aromatic rings. The number of rotatable bonds is 7. The highest BCUT2D eigenvalue weighted by Gasteiger charge is 2.14. The van der Waals surface area contributed by atoms with Crippen LogP contribution in [0.25, 0.3) is 0 Å². The molecule has 0 bridgehead atoms. The average Bonchev–Trinajstić information content (AvgIpc) is 2.40. The fourth-order valence-corrected chi connectivity index (χ4v) is 1.62. The molecule has 0 atom stereocenters. The Hall–Kier alpha value is -1.84. The molecule has 19 heavy (non-hydrogen) atoms. The lowest BCUT2D eigenvalue weighted by Gasteiger charge is -2.08. The van der Waals surface area contributed by atoms with E-state index in [1.165, 1.54) is 0 Å². The van der Waals surface area contributed by atoms with Crippen molar-refractivity contribution in [1.82, 2.24) is 0 Å². The SMILES string of the molecule is CCCCOC(=O)Cc1ccccc1C(=O)OCC. The highest BCUT2D eigenvalue weighted by molar-refractivity contribution is 5.92. The summed E-state index contributed by atoms with van der Waals surface area (Å²) >= 11 is 0. The third-order valence-electron chi connectivity index (χ3n) is 2.61. The van der Waals surface area contributed by atoms with E-state index in [-0.39, 0.29) is 12.4 Å². The number of unbranched alkanes of at least 4 members (excludes halogenated alkanes) is 1. The van der Waals surface area contributed by atoms with E-state index in [0.717, 1.165) is 12.8 Å². The van der Waals surface area contributed by atoms with E-state index in [1.54, 1.807) is 31.2 Å². The molecule has 1 rings (SSSR count). The predicted molar refractivity (Wildman–Crippen MR) is 72.0 cm³/mol. The van der Waals surface area contributed by atoms with Gasteiger partial charge in [-0.2, -0.15) is 0 Å². The standard InChI is InChI=1S/C15H20O4/c1-3-5-10-19-14(16)11-12-8-6-7-9-13(12)15(17)18-4-2/h6-9H,3-5,10-11H2,1-2H3. The number of ether oxygens (including phenoxy) is 2. The van der Waals surface area contributed by atoms with Crippen molar-refractivity contribution in [2.45, 2.75) is 33.1 Å². The first-order chi connectivity index (χ1) is 9.19. The van der Waals surface area contributed by atoms with E-state index in [2.05, 4.69) is 0 Å². The minimum absolute atomic E-state index is 0.0959. The van der Waals surface area contributed by atoms with Gasteiger partial charge >= 0.3 is 11.9 Å². The van der Waals surface area contributed by atoms with Gasteiger partial charge in [0, 0.05) is 0 Å². The van der Waals surface area contributed by atoms with Crippen LogP contribution in [0.3, 0.4) is 0 Å². The summed E-state index contributed by atoms with van der Waals surface area (Å²) in [6, 6.07) is 6.94. The Bertz CT molecular complexity index is 426. The fraction of sp³-hybridized carbons (Fsp3) is 0.467. The first-order valence-corrected chi connectivity index (χ1v) is 6.59. The molecule has 104 valence electrons. The Labute approximate surface area is 113 Å². The Morgan fingerprint density at radius 1 is 1.11 bits per heavy atom. The van der Waals surface area contributed by atoms with Crippen LogP contribution in [-0.4, -0.2) is 25.2 Å². The third kappa shape index (κ3) is 5.12. The van der Waals surface area contributed by atoms with Crippen LogP contribution in [0.4, 0.5) is 0 Å². The second kappa shape index (κ2) is 8.29. The Kier molecular flexibility index (Phi) is 6.64. The van der Waals surface area contributed by atoms with E-state index in [9.17, 15) is 9.59 Å². The van der Waals surface area contributed by atoms with Gasteiger partial charge in [0.25, 0.3) is 0 Å². The summed E-state index contributed by atoms with van der Waals surface area (Å²) < 4.78 is 10.0. The van der Waals surface area contributed by atoms with Gasteiger partial charge in [-0.25, -0.2) is 4.79 Å². The van der Waals surface area contributed by atoms with Gasteiger partial charge in [0.15, 0.2) is 0 Å². The largest absolute Gasteiger partial charge is 0.465 e. The van der Waals surface area contributed by atoms with Gasteiger partial charge in [0.1, 0.15) is 0 Å². The zero-order chi connectivity index (χ0) is 14.1. The molecule has 0 aliphatic heterocycles. The maximum Gasteiger partial charge on any atom is 0.338 e. The monoisotopic (exact) mass is 264 g/mol. The van der Waals surface area contributed by atoms with Crippen LogP contribution in [0.2, 0.25) is 0 Å². The van der Waals surface area contributed by atoms with Gasteiger partial charge in [-0.3, -0.25) is 4.79 Å². The zero-order valence-corrected chi connectivity index (χ0v) is 11.5. The Morgan fingerprint density at radius 3 is 2.53 bits per heavy atom. The molecule has 0 heterocycles. The highest BCUT2D eigenvalue weighted by atomic mass is 16.5. The molecule has 4 heteroatoms. The van der Waals surface area contributed by atoms with E-state index < -0.39 is 5.97 Å². The predicted octanol–water partition coefficient (Wildman–Crippen LogP) is 2.75. The molecule has 0 aliphatic carbocycles. The summed E-state index contributed by atoms with van der Waals surface area (Å²) in [6.45, 7) is 4.52.